The van der Waals surface area contributed by atoms with Crippen LogP contribution in [0.25, 0.3) is 6.08 Å². The predicted molar refractivity (Wildman–Crippen MR) is 79.6 cm³/mol. The minimum absolute atomic E-state index is 0.0325. The van der Waals surface area contributed by atoms with E-state index in [1.54, 1.807) is 38.3 Å². The molecule has 4 nitrogen and oxygen atoms in total. The van der Waals surface area contributed by atoms with Crippen LogP contribution in [0.1, 0.15) is 33.3 Å². The van der Waals surface area contributed by atoms with Crippen LogP contribution < -0.4 is 4.74 Å². The molecule has 0 N–H and O–H groups in total. The van der Waals surface area contributed by atoms with E-state index >= 15 is 0 Å². The molecule has 0 amide bonds. The van der Waals surface area contributed by atoms with E-state index in [1.807, 2.05) is 13.8 Å². The third-order valence-corrected chi connectivity index (χ3v) is 2.28. The maximum absolute atomic E-state index is 11.6. The van der Waals surface area contributed by atoms with Gasteiger partial charge in [0.15, 0.2) is 5.78 Å². The number of hydrogen-bond donors (Lipinski definition) is 0. The monoisotopic (exact) mass is 278 g/mol. The molecule has 0 aliphatic heterocycles. The van der Waals surface area contributed by atoms with Crippen LogP contribution in [0.3, 0.4) is 0 Å². The molecule has 1 rings (SSSR count). The molecule has 0 aliphatic carbocycles. The molecule has 0 saturated carbocycles. The first-order valence-corrected chi connectivity index (χ1v) is 6.62. The van der Waals surface area contributed by atoms with Crippen LogP contribution in [0.15, 0.2) is 29.8 Å². The Morgan fingerprint density at radius 2 is 1.90 bits per heavy atom. The second-order valence-corrected chi connectivity index (χ2v) is 3.61. The van der Waals surface area contributed by atoms with Gasteiger partial charge in [-0.15, -0.1) is 0 Å². The van der Waals surface area contributed by atoms with Crippen LogP contribution in [-0.2, 0) is 14.3 Å². The summed E-state index contributed by atoms with van der Waals surface area (Å²) in [5, 5.41) is 0. The number of rotatable bonds is 5. The van der Waals surface area contributed by atoms with E-state index in [0.29, 0.717) is 11.3 Å². The van der Waals surface area contributed by atoms with Crippen molar-refractivity contribution in [3.63, 3.8) is 0 Å². The molecule has 0 heterocycles. The molecule has 0 fully saturated rings. The number of hydrogen-bond acceptors (Lipinski definition) is 4. The van der Waals surface area contributed by atoms with Crippen molar-refractivity contribution in [2.45, 2.75) is 27.7 Å². The number of Topliss-reactive ketones (excluding diaryl/α,β-unsaturated/α-hetero) is 1. The van der Waals surface area contributed by atoms with Gasteiger partial charge in [-0.05, 0) is 37.6 Å². The number of carbonyl (C=O) groups is 2. The van der Waals surface area contributed by atoms with Gasteiger partial charge in [0, 0.05) is 0 Å². The van der Waals surface area contributed by atoms with Crippen LogP contribution in [0, 0.1) is 0 Å². The fraction of sp³-hybridized carbons (Fsp3) is 0.375. The number of methoxy groups -OCH3 is 1. The lowest BCUT2D eigenvalue weighted by Gasteiger charge is -2.04. The molecule has 1 aromatic rings. The zero-order chi connectivity index (χ0) is 15.5. The predicted octanol–water partition coefficient (Wildman–Crippen LogP) is 3.26. The number of ketones is 1. The highest BCUT2D eigenvalue weighted by atomic mass is 16.5. The molecule has 110 valence electrons. The summed E-state index contributed by atoms with van der Waals surface area (Å²) in [6.45, 7) is 7.27. The quantitative estimate of drug-likeness (QED) is 0.359. The fourth-order valence-electron chi connectivity index (χ4n) is 1.41. The molecule has 0 radical (unpaired) electrons. The van der Waals surface area contributed by atoms with Gasteiger partial charge in [-0.25, -0.2) is 4.79 Å². The van der Waals surface area contributed by atoms with Gasteiger partial charge in [0.2, 0.25) is 0 Å². The van der Waals surface area contributed by atoms with Gasteiger partial charge in [0.25, 0.3) is 0 Å². The molecule has 0 bridgehead atoms. The summed E-state index contributed by atoms with van der Waals surface area (Å²) in [7, 11) is 1.56. The Morgan fingerprint density at radius 1 is 1.25 bits per heavy atom. The van der Waals surface area contributed by atoms with Crippen LogP contribution in [0.5, 0.6) is 5.75 Å². The van der Waals surface area contributed by atoms with Crippen molar-refractivity contribution < 1.29 is 19.1 Å². The Labute approximate surface area is 120 Å². The summed E-state index contributed by atoms with van der Waals surface area (Å²) in [5.74, 6) is -0.264. The minimum Gasteiger partial charge on any atom is -0.497 e. The molecule has 0 aliphatic rings. The zero-order valence-corrected chi connectivity index (χ0v) is 12.7. The smallest absolute Gasteiger partial charge is 0.341 e. The lowest BCUT2D eigenvalue weighted by atomic mass is 10.1. The SMILES string of the molecule is CC.CCOC(=O)/C(=C/c1cccc(OC)c1)C(C)=O. The summed E-state index contributed by atoms with van der Waals surface area (Å²) in [6, 6.07) is 7.09. The summed E-state index contributed by atoms with van der Waals surface area (Å²) in [5.41, 5.74) is 0.748. The van der Waals surface area contributed by atoms with Gasteiger partial charge in [-0.2, -0.15) is 0 Å². The maximum Gasteiger partial charge on any atom is 0.341 e. The zero-order valence-electron chi connectivity index (χ0n) is 12.7. The van der Waals surface area contributed by atoms with Crippen molar-refractivity contribution in [2.75, 3.05) is 13.7 Å². The van der Waals surface area contributed by atoms with Crippen LogP contribution >= 0.6 is 0 Å². The average Bonchev–Trinajstić information content (AvgIpc) is 2.47. The lowest BCUT2D eigenvalue weighted by Crippen LogP contribution is -2.13. The van der Waals surface area contributed by atoms with E-state index in [1.165, 1.54) is 13.0 Å². The third kappa shape index (κ3) is 5.69. The third-order valence-electron chi connectivity index (χ3n) is 2.28. The summed E-state index contributed by atoms with van der Waals surface area (Å²) in [4.78, 5) is 23.0. The van der Waals surface area contributed by atoms with Crippen LogP contribution in [0.2, 0.25) is 0 Å². The number of esters is 1. The van der Waals surface area contributed by atoms with E-state index in [2.05, 4.69) is 0 Å². The van der Waals surface area contributed by atoms with Crippen molar-refractivity contribution in [1.82, 2.24) is 0 Å². The molecule has 20 heavy (non-hydrogen) atoms. The topological polar surface area (TPSA) is 52.6 Å². The molecule has 4 heteroatoms. The van der Waals surface area contributed by atoms with Crippen molar-refractivity contribution in [3.8, 4) is 5.75 Å². The van der Waals surface area contributed by atoms with Crippen LogP contribution in [-0.4, -0.2) is 25.5 Å². The molecule has 0 atom stereocenters. The van der Waals surface area contributed by atoms with Crippen molar-refractivity contribution in [3.05, 3.63) is 35.4 Å². The van der Waals surface area contributed by atoms with Gasteiger partial charge < -0.3 is 9.47 Å². The normalized spacial score (nSPS) is 10.2. The van der Waals surface area contributed by atoms with Crippen molar-refractivity contribution in [2.24, 2.45) is 0 Å². The number of ether oxygens (including phenoxy) is 2. The Bertz CT molecular complexity index is 475. The lowest BCUT2D eigenvalue weighted by molar-refractivity contribution is -0.139. The first-order chi connectivity index (χ1) is 9.58. The second-order valence-electron chi connectivity index (χ2n) is 3.61. The Balaban J connectivity index is 0.00000172. The molecule has 0 unspecified atom stereocenters. The molecule has 1 aromatic carbocycles. The van der Waals surface area contributed by atoms with E-state index in [-0.39, 0.29) is 18.0 Å². The average molecular weight is 278 g/mol. The van der Waals surface area contributed by atoms with Crippen molar-refractivity contribution >= 4 is 17.8 Å². The Kier molecular flexibility index (Phi) is 8.75. The highest BCUT2D eigenvalue weighted by Crippen LogP contribution is 2.16. The highest BCUT2D eigenvalue weighted by Gasteiger charge is 2.15. The molecular formula is C16H22O4. The van der Waals surface area contributed by atoms with Gasteiger partial charge in [-0.1, -0.05) is 26.0 Å². The summed E-state index contributed by atoms with van der Waals surface area (Å²) < 4.78 is 9.91. The largest absolute Gasteiger partial charge is 0.497 e. The highest BCUT2D eigenvalue weighted by molar-refractivity contribution is 6.19. The molecule has 0 spiro atoms. The number of carbonyl (C=O) groups excluding carboxylic acids is 2. The molecular weight excluding hydrogens is 256 g/mol. The molecule has 0 aromatic heterocycles. The van der Waals surface area contributed by atoms with E-state index in [4.69, 9.17) is 9.47 Å². The minimum atomic E-state index is -0.604. The van der Waals surface area contributed by atoms with Gasteiger partial charge >= 0.3 is 5.97 Å². The summed E-state index contributed by atoms with van der Waals surface area (Å²) in [6.07, 6.45) is 1.50. The van der Waals surface area contributed by atoms with E-state index < -0.39 is 5.97 Å². The maximum atomic E-state index is 11.6. The first kappa shape index (κ1) is 17.9. The van der Waals surface area contributed by atoms with Gasteiger partial charge in [0.05, 0.1) is 13.7 Å². The summed E-state index contributed by atoms with van der Waals surface area (Å²) >= 11 is 0. The first-order valence-electron chi connectivity index (χ1n) is 6.62. The van der Waals surface area contributed by atoms with Gasteiger partial charge in [-0.3, -0.25) is 4.79 Å². The van der Waals surface area contributed by atoms with Gasteiger partial charge in [0.1, 0.15) is 11.3 Å². The number of benzene rings is 1. The fourth-order valence-corrected chi connectivity index (χ4v) is 1.41. The van der Waals surface area contributed by atoms with E-state index in [0.717, 1.165) is 0 Å². The van der Waals surface area contributed by atoms with Crippen LogP contribution in [0.4, 0.5) is 0 Å². The molecule has 0 saturated heterocycles. The Morgan fingerprint density at radius 3 is 2.40 bits per heavy atom. The second kappa shape index (κ2) is 9.78. The van der Waals surface area contributed by atoms with Crippen molar-refractivity contribution in [1.29, 1.82) is 0 Å². The van der Waals surface area contributed by atoms with E-state index in [9.17, 15) is 9.59 Å². The Hall–Kier alpha value is -2.10. The standard InChI is InChI=1S/C14H16O4.C2H6/c1-4-18-14(16)13(10(2)15)9-11-6-5-7-12(8-11)17-3;1-2/h5-9H,4H2,1-3H3;1-2H3/b13-9+;.